The van der Waals surface area contributed by atoms with Crippen molar-refractivity contribution in [2.45, 2.75) is 73.0 Å². The van der Waals surface area contributed by atoms with Gasteiger partial charge >= 0.3 is 0 Å². The fourth-order valence-corrected chi connectivity index (χ4v) is 10.4. The number of sulfonamides is 2. The maximum atomic E-state index is 13.4. The molecule has 5 aliphatic rings. The lowest BCUT2D eigenvalue weighted by Gasteiger charge is -2.31. The van der Waals surface area contributed by atoms with Crippen LogP contribution < -0.4 is 10.3 Å². The number of hydrogen-bond acceptors (Lipinski definition) is 6. The van der Waals surface area contributed by atoms with Crippen molar-refractivity contribution in [1.29, 1.82) is 0 Å². The lowest BCUT2D eigenvalue weighted by molar-refractivity contribution is 0.319. The van der Waals surface area contributed by atoms with E-state index in [-0.39, 0.29) is 27.3 Å². The normalized spacial score (nSPS) is 32.9. The quantitative estimate of drug-likeness (QED) is 0.337. The molecule has 8 nitrogen and oxygen atoms in total. The van der Waals surface area contributed by atoms with E-state index < -0.39 is 20.0 Å². The minimum atomic E-state index is -4.10. The van der Waals surface area contributed by atoms with E-state index in [9.17, 15) is 22.0 Å². The Kier molecular flexibility index (Phi) is 5.07. The van der Waals surface area contributed by atoms with Crippen molar-refractivity contribution in [2.75, 3.05) is 0 Å². The first-order chi connectivity index (χ1) is 17.5. The molecular formula is C27H31N3O5S2. The van der Waals surface area contributed by atoms with Crippen molar-refractivity contribution in [2.24, 2.45) is 39.1 Å². The molecule has 0 radical (unpaired) electrons. The highest BCUT2D eigenvalue weighted by Crippen LogP contribution is 2.60. The fraction of sp³-hybridized carbons (Fsp3) is 0.519. The summed E-state index contributed by atoms with van der Waals surface area (Å²) < 4.78 is 51.1. The minimum absolute atomic E-state index is 0.00291. The predicted octanol–water partition coefficient (Wildman–Crippen LogP) is 4.00. The Labute approximate surface area is 217 Å². The molecule has 6 unspecified atom stereocenters. The maximum Gasteiger partial charge on any atom is 0.238 e. The van der Waals surface area contributed by atoms with Crippen LogP contribution in [0, 0.1) is 23.7 Å². The molecule has 0 saturated heterocycles. The molecular weight excluding hydrogens is 510 g/mol. The molecule has 0 heterocycles. The van der Waals surface area contributed by atoms with Gasteiger partial charge in [0.2, 0.25) is 20.0 Å². The van der Waals surface area contributed by atoms with Crippen LogP contribution in [0.2, 0.25) is 0 Å². The molecule has 0 aromatic heterocycles. The monoisotopic (exact) mass is 541 g/mol. The second-order valence-electron chi connectivity index (χ2n) is 11.9. The van der Waals surface area contributed by atoms with Crippen molar-refractivity contribution < 1.29 is 22.0 Å². The van der Waals surface area contributed by atoms with Crippen LogP contribution in [0.15, 0.2) is 39.2 Å². The van der Waals surface area contributed by atoms with E-state index in [0.717, 1.165) is 61.6 Å². The van der Waals surface area contributed by atoms with E-state index in [4.69, 9.17) is 10.3 Å². The molecule has 7 rings (SSSR count). The number of primary sulfonamides is 2. The van der Waals surface area contributed by atoms with E-state index in [2.05, 4.69) is 5.16 Å². The van der Waals surface area contributed by atoms with Gasteiger partial charge in [0, 0.05) is 11.1 Å². The Hall–Kier alpha value is -2.27. The number of rotatable bonds is 4. The van der Waals surface area contributed by atoms with Gasteiger partial charge in [-0.25, -0.2) is 27.1 Å². The Morgan fingerprint density at radius 3 is 1.92 bits per heavy atom. The third-order valence-electron chi connectivity index (χ3n) is 10.1. The molecule has 5 aliphatic carbocycles. The highest BCUT2D eigenvalue weighted by atomic mass is 32.2. The zero-order valence-corrected chi connectivity index (χ0v) is 22.1. The third kappa shape index (κ3) is 3.48. The Bertz CT molecular complexity index is 1600. The molecule has 4 bridgehead atoms. The molecule has 4 fully saturated rings. The standard InChI is InChI=1S/C27H31N3O5S2/c28-36(32,33)17-5-6-18-21-12-23(19-9-13-1-3-15(19)7-13)27(37(29,34)35)25(20-10-14-2-4-16(20)8-14)24(21)26(30-31)22(18)11-17/h5-6,11-16,19-20,31H,1-4,7-10H2,(H2,28,32,33)(H2,29,34,35). The third-order valence-corrected chi connectivity index (χ3v) is 12.0. The lowest BCUT2D eigenvalue weighted by Crippen LogP contribution is -2.25. The molecule has 2 aromatic carbocycles. The lowest BCUT2D eigenvalue weighted by atomic mass is 9.76. The van der Waals surface area contributed by atoms with Gasteiger partial charge in [-0.3, -0.25) is 0 Å². The van der Waals surface area contributed by atoms with E-state index >= 15 is 0 Å². The first kappa shape index (κ1) is 23.8. The average molecular weight is 542 g/mol. The van der Waals surface area contributed by atoms with Gasteiger partial charge in [-0.15, -0.1) is 0 Å². The van der Waals surface area contributed by atoms with Crippen LogP contribution in [0.1, 0.15) is 85.5 Å². The number of nitrogens with two attached hydrogens (primary N) is 2. The van der Waals surface area contributed by atoms with Crippen LogP contribution in [0.3, 0.4) is 0 Å². The second kappa shape index (κ2) is 7.88. The van der Waals surface area contributed by atoms with Crippen LogP contribution in [0.25, 0.3) is 11.1 Å². The van der Waals surface area contributed by atoms with Gasteiger partial charge in [0.05, 0.1) is 9.79 Å². The van der Waals surface area contributed by atoms with Crippen LogP contribution >= 0.6 is 0 Å². The number of oxime groups is 1. The number of hydrogen-bond donors (Lipinski definition) is 3. The zero-order valence-electron chi connectivity index (χ0n) is 20.4. The van der Waals surface area contributed by atoms with Crippen molar-refractivity contribution in [3.05, 3.63) is 46.5 Å². The summed E-state index contributed by atoms with van der Waals surface area (Å²) in [7, 11) is -8.08. The Morgan fingerprint density at radius 2 is 1.41 bits per heavy atom. The van der Waals surface area contributed by atoms with Gasteiger partial charge < -0.3 is 5.21 Å². The maximum absolute atomic E-state index is 13.4. The largest absolute Gasteiger partial charge is 0.410 e. The molecule has 196 valence electrons. The van der Waals surface area contributed by atoms with Crippen molar-refractivity contribution >= 4 is 25.8 Å². The summed E-state index contributed by atoms with van der Waals surface area (Å²) in [5.41, 5.74) is 4.23. The van der Waals surface area contributed by atoms with E-state index in [1.54, 1.807) is 6.07 Å². The topological polar surface area (TPSA) is 153 Å². The van der Waals surface area contributed by atoms with Gasteiger partial charge in [-0.05, 0) is 114 Å². The predicted molar refractivity (Wildman–Crippen MR) is 138 cm³/mol. The van der Waals surface area contributed by atoms with Gasteiger partial charge in [0.15, 0.2) is 0 Å². The molecule has 6 atom stereocenters. The van der Waals surface area contributed by atoms with E-state index in [1.165, 1.54) is 18.6 Å². The molecule has 10 heteroatoms. The molecule has 2 aromatic rings. The summed E-state index contributed by atoms with van der Waals surface area (Å²) >= 11 is 0. The second-order valence-corrected chi connectivity index (χ2v) is 15.0. The van der Waals surface area contributed by atoms with Gasteiger partial charge in [-0.1, -0.05) is 24.1 Å². The van der Waals surface area contributed by atoms with Gasteiger partial charge in [-0.2, -0.15) is 0 Å². The van der Waals surface area contributed by atoms with E-state index in [1.807, 2.05) is 6.07 Å². The Balaban J connectivity index is 1.55. The molecule has 0 aliphatic heterocycles. The number of nitrogens with zero attached hydrogens (tertiary/aromatic N) is 1. The first-order valence-electron chi connectivity index (χ1n) is 13.2. The smallest absolute Gasteiger partial charge is 0.238 e. The summed E-state index contributed by atoms with van der Waals surface area (Å²) in [6.45, 7) is 0. The van der Waals surface area contributed by atoms with Crippen LogP contribution in [0.5, 0.6) is 0 Å². The molecule has 0 amide bonds. The first-order valence-corrected chi connectivity index (χ1v) is 16.3. The van der Waals surface area contributed by atoms with Crippen molar-refractivity contribution in [3.63, 3.8) is 0 Å². The van der Waals surface area contributed by atoms with Gasteiger partial charge in [0.25, 0.3) is 0 Å². The van der Waals surface area contributed by atoms with Crippen molar-refractivity contribution in [1.82, 2.24) is 0 Å². The van der Waals surface area contributed by atoms with Gasteiger partial charge in [0.1, 0.15) is 5.71 Å². The molecule has 4 saturated carbocycles. The molecule has 5 N–H and O–H groups in total. The van der Waals surface area contributed by atoms with Crippen LogP contribution in [-0.2, 0) is 20.0 Å². The summed E-state index contributed by atoms with van der Waals surface area (Å²) in [4.78, 5) is 0.142. The average Bonchev–Trinajstić information content (AvgIpc) is 3.67. The highest BCUT2D eigenvalue weighted by molar-refractivity contribution is 7.89. The van der Waals surface area contributed by atoms with Crippen molar-refractivity contribution in [3.8, 4) is 11.1 Å². The summed E-state index contributed by atoms with van der Waals surface area (Å²) in [6.07, 6.45) is 8.51. The summed E-state index contributed by atoms with van der Waals surface area (Å²) in [5.74, 6) is 2.08. The summed E-state index contributed by atoms with van der Waals surface area (Å²) in [6, 6.07) is 6.53. The molecule has 37 heavy (non-hydrogen) atoms. The Morgan fingerprint density at radius 1 is 0.757 bits per heavy atom. The highest BCUT2D eigenvalue weighted by Gasteiger charge is 2.48. The van der Waals surface area contributed by atoms with Crippen LogP contribution in [0.4, 0.5) is 0 Å². The minimum Gasteiger partial charge on any atom is -0.410 e. The SMILES string of the molecule is NS(=O)(=O)c1ccc2c(c1)C(=NO)c1c-2cc(C2CC3CCC2C3)c(S(N)(=O)=O)c1C1CC2CCC1C2. The fourth-order valence-electron chi connectivity index (χ4n) is 8.72. The number of benzene rings is 2. The van der Waals surface area contributed by atoms with Crippen LogP contribution in [-0.4, -0.2) is 27.8 Å². The van der Waals surface area contributed by atoms with E-state index in [0.29, 0.717) is 40.4 Å². The number of fused-ring (bicyclic) bond motifs is 7. The molecule has 0 spiro atoms. The summed E-state index contributed by atoms with van der Waals surface area (Å²) in [5, 5.41) is 25.3. The zero-order chi connectivity index (χ0) is 25.9.